The Kier molecular flexibility index (Phi) is 3.26. The van der Waals surface area contributed by atoms with E-state index in [4.69, 9.17) is 11.6 Å². The number of aromatic nitrogens is 2. The average Bonchev–Trinajstić information content (AvgIpc) is 2.83. The number of halogens is 1. The molecule has 0 amide bonds. The van der Waals surface area contributed by atoms with Crippen molar-refractivity contribution in [3.63, 3.8) is 0 Å². The van der Waals surface area contributed by atoms with Crippen LogP contribution in [0.15, 0.2) is 54.7 Å². The molecule has 96 valence electrons. The lowest BCUT2D eigenvalue weighted by atomic mass is 10.1. The predicted octanol–water partition coefficient (Wildman–Crippen LogP) is 4.69. The van der Waals surface area contributed by atoms with E-state index in [-0.39, 0.29) is 6.04 Å². The normalized spacial score (nSPS) is 12.7. The first-order valence-electron chi connectivity index (χ1n) is 6.47. The van der Waals surface area contributed by atoms with Crippen LogP contribution in [0.2, 0.25) is 5.02 Å². The fourth-order valence-corrected chi connectivity index (χ4v) is 2.59. The van der Waals surface area contributed by atoms with Gasteiger partial charge in [0.05, 0.1) is 11.6 Å². The van der Waals surface area contributed by atoms with E-state index in [9.17, 15) is 0 Å². The first kappa shape index (κ1) is 12.2. The summed E-state index contributed by atoms with van der Waals surface area (Å²) in [5.74, 6) is 0. The van der Waals surface area contributed by atoms with Gasteiger partial charge in [0, 0.05) is 16.6 Å². The van der Waals surface area contributed by atoms with Crippen LogP contribution in [0.25, 0.3) is 10.9 Å². The molecular weight excluding hydrogens is 256 g/mol. The number of hydrogen-bond acceptors (Lipinski definition) is 1. The van der Waals surface area contributed by atoms with Gasteiger partial charge in [-0.2, -0.15) is 5.10 Å². The van der Waals surface area contributed by atoms with E-state index in [0.29, 0.717) is 0 Å². The summed E-state index contributed by atoms with van der Waals surface area (Å²) in [6.07, 6.45) is 3.10. The molecule has 0 aliphatic rings. The molecule has 19 heavy (non-hydrogen) atoms. The van der Waals surface area contributed by atoms with Gasteiger partial charge in [-0.1, -0.05) is 48.9 Å². The number of hydrogen-bond donors (Lipinski definition) is 0. The summed E-state index contributed by atoms with van der Waals surface area (Å²) < 4.78 is 2.04. The lowest BCUT2D eigenvalue weighted by Crippen LogP contribution is -2.09. The van der Waals surface area contributed by atoms with Crippen LogP contribution in [0.1, 0.15) is 24.9 Å². The minimum absolute atomic E-state index is 0.271. The Morgan fingerprint density at radius 1 is 1.16 bits per heavy atom. The second-order valence-corrected chi connectivity index (χ2v) is 5.08. The van der Waals surface area contributed by atoms with Gasteiger partial charge in [0.15, 0.2) is 0 Å². The van der Waals surface area contributed by atoms with Gasteiger partial charge in [0.1, 0.15) is 0 Å². The van der Waals surface area contributed by atoms with E-state index < -0.39 is 0 Å². The van der Waals surface area contributed by atoms with Crippen molar-refractivity contribution >= 4 is 22.5 Å². The van der Waals surface area contributed by atoms with Crippen LogP contribution in [0, 0.1) is 0 Å². The zero-order valence-corrected chi connectivity index (χ0v) is 11.5. The van der Waals surface area contributed by atoms with Crippen molar-refractivity contribution in [1.29, 1.82) is 0 Å². The third kappa shape index (κ3) is 2.36. The summed E-state index contributed by atoms with van der Waals surface area (Å²) in [6.45, 7) is 2.18. The Labute approximate surface area is 117 Å². The Hall–Kier alpha value is -1.80. The Bertz CT molecular complexity index is 688. The molecule has 0 saturated heterocycles. The zero-order chi connectivity index (χ0) is 13.2. The van der Waals surface area contributed by atoms with Crippen molar-refractivity contribution in [3.05, 3.63) is 65.3 Å². The highest BCUT2D eigenvalue weighted by atomic mass is 35.5. The lowest BCUT2D eigenvalue weighted by molar-refractivity contribution is 0.513. The molecule has 0 spiro atoms. The van der Waals surface area contributed by atoms with E-state index in [0.717, 1.165) is 22.3 Å². The summed E-state index contributed by atoms with van der Waals surface area (Å²) in [5, 5.41) is 6.50. The average molecular weight is 271 g/mol. The minimum Gasteiger partial charge on any atom is -0.264 e. The Morgan fingerprint density at radius 2 is 1.95 bits per heavy atom. The molecular formula is C16H15ClN2. The quantitative estimate of drug-likeness (QED) is 0.675. The van der Waals surface area contributed by atoms with Gasteiger partial charge in [-0.25, -0.2) is 0 Å². The van der Waals surface area contributed by atoms with E-state index in [1.807, 2.05) is 28.9 Å². The maximum absolute atomic E-state index is 6.01. The molecule has 0 bridgehead atoms. The van der Waals surface area contributed by atoms with Crippen LogP contribution in [0.4, 0.5) is 0 Å². The van der Waals surface area contributed by atoms with Crippen LogP contribution in [0.5, 0.6) is 0 Å². The Morgan fingerprint density at radius 3 is 2.68 bits per heavy atom. The smallest absolute Gasteiger partial charge is 0.0938 e. The molecule has 0 radical (unpaired) electrons. The van der Waals surface area contributed by atoms with Gasteiger partial charge in [0.2, 0.25) is 0 Å². The standard InChI is InChI=1S/C16H15ClN2/c1-2-16(12-6-4-3-5-7-12)19-11-13-8-9-14(17)10-15(13)18-19/h3-11,16H,2H2,1H3. The number of rotatable bonds is 3. The molecule has 1 heterocycles. The second-order valence-electron chi connectivity index (χ2n) is 4.65. The molecule has 3 heteroatoms. The van der Waals surface area contributed by atoms with Gasteiger partial charge >= 0.3 is 0 Å². The van der Waals surface area contributed by atoms with Gasteiger partial charge < -0.3 is 0 Å². The molecule has 0 N–H and O–H groups in total. The topological polar surface area (TPSA) is 17.8 Å². The third-order valence-corrected chi connectivity index (χ3v) is 3.61. The molecule has 0 saturated carbocycles. The van der Waals surface area contributed by atoms with E-state index >= 15 is 0 Å². The molecule has 0 aliphatic carbocycles. The largest absolute Gasteiger partial charge is 0.264 e. The molecule has 1 atom stereocenters. The monoisotopic (exact) mass is 270 g/mol. The van der Waals surface area contributed by atoms with E-state index in [2.05, 4.69) is 42.5 Å². The molecule has 2 aromatic carbocycles. The molecule has 1 aromatic heterocycles. The van der Waals surface area contributed by atoms with Gasteiger partial charge in [-0.15, -0.1) is 0 Å². The van der Waals surface area contributed by atoms with Crippen LogP contribution in [-0.4, -0.2) is 9.78 Å². The van der Waals surface area contributed by atoms with E-state index in [1.165, 1.54) is 5.56 Å². The SMILES string of the molecule is CCC(c1ccccc1)n1cc2ccc(Cl)cc2n1. The molecule has 3 rings (SSSR count). The van der Waals surface area contributed by atoms with Crippen molar-refractivity contribution in [2.45, 2.75) is 19.4 Å². The van der Waals surface area contributed by atoms with Gasteiger partial charge in [-0.05, 0) is 30.2 Å². The zero-order valence-electron chi connectivity index (χ0n) is 10.8. The molecule has 0 aliphatic heterocycles. The lowest BCUT2D eigenvalue weighted by Gasteiger charge is -2.15. The first-order chi connectivity index (χ1) is 9.28. The summed E-state index contributed by atoms with van der Waals surface area (Å²) in [6, 6.07) is 16.6. The fourth-order valence-electron chi connectivity index (χ4n) is 2.42. The summed E-state index contributed by atoms with van der Waals surface area (Å²) >= 11 is 6.01. The van der Waals surface area contributed by atoms with Crippen molar-refractivity contribution < 1.29 is 0 Å². The highest BCUT2D eigenvalue weighted by Gasteiger charge is 2.13. The van der Waals surface area contributed by atoms with Crippen LogP contribution in [-0.2, 0) is 0 Å². The van der Waals surface area contributed by atoms with Gasteiger partial charge in [-0.3, -0.25) is 4.68 Å². The third-order valence-electron chi connectivity index (χ3n) is 3.38. The number of benzene rings is 2. The number of fused-ring (bicyclic) bond motifs is 1. The minimum atomic E-state index is 0.271. The highest BCUT2D eigenvalue weighted by Crippen LogP contribution is 2.25. The van der Waals surface area contributed by atoms with Crippen LogP contribution < -0.4 is 0 Å². The highest BCUT2D eigenvalue weighted by molar-refractivity contribution is 6.31. The van der Waals surface area contributed by atoms with Crippen LogP contribution in [0.3, 0.4) is 0 Å². The second kappa shape index (κ2) is 5.06. The van der Waals surface area contributed by atoms with Crippen LogP contribution >= 0.6 is 11.6 Å². The van der Waals surface area contributed by atoms with E-state index in [1.54, 1.807) is 0 Å². The summed E-state index contributed by atoms with van der Waals surface area (Å²) in [4.78, 5) is 0. The van der Waals surface area contributed by atoms with Gasteiger partial charge in [0.25, 0.3) is 0 Å². The summed E-state index contributed by atoms with van der Waals surface area (Å²) in [5.41, 5.74) is 2.23. The predicted molar refractivity (Wildman–Crippen MR) is 79.6 cm³/mol. The fraction of sp³-hybridized carbons (Fsp3) is 0.188. The number of nitrogens with zero attached hydrogens (tertiary/aromatic N) is 2. The van der Waals surface area contributed by atoms with Crippen molar-refractivity contribution in [3.8, 4) is 0 Å². The molecule has 0 fully saturated rings. The maximum atomic E-state index is 6.01. The summed E-state index contributed by atoms with van der Waals surface area (Å²) in [7, 11) is 0. The van der Waals surface area contributed by atoms with Crippen molar-refractivity contribution in [2.75, 3.05) is 0 Å². The molecule has 3 aromatic rings. The first-order valence-corrected chi connectivity index (χ1v) is 6.85. The Balaban J connectivity index is 2.07. The maximum Gasteiger partial charge on any atom is 0.0938 e. The molecule has 2 nitrogen and oxygen atoms in total. The van der Waals surface area contributed by atoms with Crippen molar-refractivity contribution in [1.82, 2.24) is 9.78 Å². The molecule has 1 unspecified atom stereocenters. The van der Waals surface area contributed by atoms with Crippen molar-refractivity contribution in [2.24, 2.45) is 0 Å².